The van der Waals surface area contributed by atoms with Crippen molar-refractivity contribution in [2.24, 2.45) is 5.16 Å². The molecular formula is C10H10N2O5. The van der Waals surface area contributed by atoms with Gasteiger partial charge in [-0.15, -0.1) is 0 Å². The summed E-state index contributed by atoms with van der Waals surface area (Å²) in [5.41, 5.74) is 0.890. The quantitative estimate of drug-likeness (QED) is 0.198. The maximum Gasteiger partial charge on any atom is 0.292 e. The van der Waals surface area contributed by atoms with Gasteiger partial charge in [0.2, 0.25) is 0 Å². The fraction of sp³-hybridized carbons (Fsp3) is 0.100. The summed E-state index contributed by atoms with van der Waals surface area (Å²) in [6.07, 6.45) is -0.494. The second-order valence-corrected chi connectivity index (χ2v) is 3.14. The van der Waals surface area contributed by atoms with Crippen molar-refractivity contribution in [3.8, 4) is 5.75 Å². The van der Waals surface area contributed by atoms with Gasteiger partial charge < -0.3 is 10.3 Å². The van der Waals surface area contributed by atoms with E-state index in [1.54, 1.807) is 0 Å². The first-order chi connectivity index (χ1) is 8.08. The summed E-state index contributed by atoms with van der Waals surface area (Å²) in [5.74, 6) is -1.69. The number of hydrogen-bond donors (Lipinski definition) is 4. The molecule has 0 bridgehead atoms. The molecule has 0 fully saturated rings. The Morgan fingerprint density at radius 2 is 2.06 bits per heavy atom. The van der Waals surface area contributed by atoms with Crippen molar-refractivity contribution in [1.82, 2.24) is 5.48 Å². The number of oxime groups is 1. The Bertz CT molecular complexity index is 470. The molecule has 0 aromatic heterocycles. The van der Waals surface area contributed by atoms with E-state index in [0.29, 0.717) is 0 Å². The number of aromatic hydroxyl groups is 1. The highest BCUT2D eigenvalue weighted by Gasteiger charge is 2.17. The number of phenols is 1. The van der Waals surface area contributed by atoms with Crippen LogP contribution in [-0.2, 0) is 4.79 Å². The number of hydroxylamine groups is 1. The predicted octanol–water partition coefficient (Wildman–Crippen LogP) is 0.301. The number of carbonyl (C=O) groups is 2. The Labute approximate surface area is 96.0 Å². The summed E-state index contributed by atoms with van der Waals surface area (Å²) in [6.45, 7) is 0. The van der Waals surface area contributed by atoms with Crippen LogP contribution >= 0.6 is 0 Å². The van der Waals surface area contributed by atoms with E-state index in [1.807, 2.05) is 0 Å². The van der Waals surface area contributed by atoms with Gasteiger partial charge >= 0.3 is 0 Å². The van der Waals surface area contributed by atoms with Crippen molar-refractivity contribution in [2.45, 2.75) is 6.42 Å². The van der Waals surface area contributed by atoms with Crippen LogP contribution in [0.4, 0.5) is 0 Å². The first kappa shape index (κ1) is 12.7. The fourth-order valence-electron chi connectivity index (χ4n) is 1.16. The van der Waals surface area contributed by atoms with Crippen LogP contribution in [-0.4, -0.2) is 32.9 Å². The van der Waals surface area contributed by atoms with Crippen molar-refractivity contribution in [2.75, 3.05) is 0 Å². The first-order valence-electron chi connectivity index (χ1n) is 4.56. The van der Waals surface area contributed by atoms with Gasteiger partial charge in [-0.1, -0.05) is 17.3 Å². The van der Waals surface area contributed by atoms with E-state index in [4.69, 9.17) is 15.5 Å². The lowest BCUT2D eigenvalue weighted by molar-refractivity contribution is -0.122. The zero-order valence-electron chi connectivity index (χ0n) is 8.62. The van der Waals surface area contributed by atoms with Crippen molar-refractivity contribution in [1.29, 1.82) is 0 Å². The van der Waals surface area contributed by atoms with E-state index in [0.717, 1.165) is 0 Å². The van der Waals surface area contributed by atoms with Gasteiger partial charge in [-0.25, -0.2) is 5.48 Å². The van der Waals surface area contributed by atoms with E-state index in [9.17, 15) is 9.59 Å². The summed E-state index contributed by atoms with van der Waals surface area (Å²) in [6, 6.07) is 5.50. The van der Waals surface area contributed by atoms with Crippen LogP contribution in [0.2, 0.25) is 0 Å². The molecule has 17 heavy (non-hydrogen) atoms. The van der Waals surface area contributed by atoms with E-state index in [1.165, 1.54) is 29.7 Å². The van der Waals surface area contributed by atoms with Gasteiger partial charge in [-0.05, 0) is 12.1 Å². The SMILES string of the molecule is O=C(NO)/C(CC(=O)c1cccc(O)c1)=N\O. The minimum Gasteiger partial charge on any atom is -0.508 e. The minimum atomic E-state index is -1.07. The molecule has 4 N–H and O–H groups in total. The van der Waals surface area contributed by atoms with Crippen LogP contribution in [0.5, 0.6) is 5.75 Å². The third kappa shape index (κ3) is 3.28. The van der Waals surface area contributed by atoms with E-state index in [-0.39, 0.29) is 11.3 Å². The maximum absolute atomic E-state index is 11.6. The molecule has 1 rings (SSSR count). The van der Waals surface area contributed by atoms with Crippen LogP contribution in [0.25, 0.3) is 0 Å². The molecule has 1 aromatic rings. The standard InChI is InChI=1S/C10H10N2O5/c13-7-3-1-2-6(4-7)9(14)5-8(11-16)10(15)12-17/h1-4,13,16-17H,5H2,(H,12,15)/b11-8-. The lowest BCUT2D eigenvalue weighted by Gasteiger charge is -2.02. The van der Waals surface area contributed by atoms with Gasteiger partial charge in [0.05, 0.1) is 6.42 Å². The van der Waals surface area contributed by atoms with Crippen molar-refractivity contribution < 1.29 is 25.1 Å². The number of nitrogens with one attached hydrogen (secondary N) is 1. The molecule has 1 amide bonds. The number of Topliss-reactive ketones (excluding diaryl/α,β-unsaturated/α-hetero) is 1. The van der Waals surface area contributed by atoms with Crippen LogP contribution < -0.4 is 5.48 Å². The lowest BCUT2D eigenvalue weighted by atomic mass is 10.1. The molecule has 1 aromatic carbocycles. The van der Waals surface area contributed by atoms with E-state index < -0.39 is 23.8 Å². The molecule has 0 saturated heterocycles. The van der Waals surface area contributed by atoms with Gasteiger partial charge in [-0.2, -0.15) is 0 Å². The van der Waals surface area contributed by atoms with Crippen LogP contribution in [0.15, 0.2) is 29.4 Å². The zero-order chi connectivity index (χ0) is 12.8. The largest absolute Gasteiger partial charge is 0.508 e. The van der Waals surface area contributed by atoms with Crippen LogP contribution in [0.1, 0.15) is 16.8 Å². The Hall–Kier alpha value is -2.41. The average molecular weight is 238 g/mol. The lowest BCUT2D eigenvalue weighted by Crippen LogP contribution is -2.29. The number of carbonyl (C=O) groups excluding carboxylic acids is 2. The summed E-state index contributed by atoms with van der Waals surface area (Å²) in [7, 11) is 0. The highest BCUT2D eigenvalue weighted by Crippen LogP contribution is 2.12. The molecule has 0 heterocycles. The first-order valence-corrected chi connectivity index (χ1v) is 4.56. The molecule has 7 nitrogen and oxygen atoms in total. The molecule has 0 aliphatic carbocycles. The summed E-state index contributed by atoms with van der Waals surface area (Å²) in [5, 5.41) is 28.6. The zero-order valence-corrected chi connectivity index (χ0v) is 8.62. The molecule has 0 radical (unpaired) electrons. The second kappa shape index (κ2) is 5.61. The minimum absolute atomic E-state index is 0.0926. The normalized spacial score (nSPS) is 11.0. The Kier molecular flexibility index (Phi) is 4.18. The molecule has 0 atom stereocenters. The number of hydrogen-bond acceptors (Lipinski definition) is 6. The van der Waals surface area contributed by atoms with Gasteiger partial charge in [0.25, 0.3) is 5.91 Å². The van der Waals surface area contributed by atoms with Gasteiger partial charge in [0.1, 0.15) is 5.75 Å². The second-order valence-electron chi connectivity index (χ2n) is 3.14. The molecule has 0 aliphatic heterocycles. The molecule has 0 unspecified atom stereocenters. The smallest absolute Gasteiger partial charge is 0.292 e. The topological polar surface area (TPSA) is 119 Å². The Balaban J connectivity index is 2.82. The Morgan fingerprint density at radius 3 is 2.59 bits per heavy atom. The van der Waals surface area contributed by atoms with E-state index >= 15 is 0 Å². The number of ketones is 1. The molecular weight excluding hydrogens is 228 g/mol. The van der Waals surface area contributed by atoms with Crippen molar-refractivity contribution >= 4 is 17.4 Å². The summed E-state index contributed by atoms with van der Waals surface area (Å²) >= 11 is 0. The van der Waals surface area contributed by atoms with Crippen molar-refractivity contribution in [3.05, 3.63) is 29.8 Å². The monoisotopic (exact) mass is 238 g/mol. The maximum atomic E-state index is 11.6. The molecule has 90 valence electrons. The van der Waals surface area contributed by atoms with Gasteiger partial charge in [0, 0.05) is 5.56 Å². The number of amides is 1. The molecule has 7 heteroatoms. The highest BCUT2D eigenvalue weighted by molar-refractivity contribution is 6.42. The predicted molar refractivity (Wildman–Crippen MR) is 56.2 cm³/mol. The highest BCUT2D eigenvalue weighted by atomic mass is 16.5. The summed E-state index contributed by atoms with van der Waals surface area (Å²) < 4.78 is 0. The fourth-order valence-corrected chi connectivity index (χ4v) is 1.16. The third-order valence-electron chi connectivity index (χ3n) is 1.98. The number of nitrogens with zero attached hydrogens (tertiary/aromatic N) is 1. The molecule has 0 saturated carbocycles. The molecule has 0 spiro atoms. The van der Waals surface area contributed by atoms with Gasteiger partial charge in [0.15, 0.2) is 11.5 Å². The number of phenolic OH excluding ortho intramolecular Hbond substituents is 1. The third-order valence-corrected chi connectivity index (χ3v) is 1.98. The number of rotatable bonds is 4. The van der Waals surface area contributed by atoms with E-state index in [2.05, 4.69) is 5.16 Å². The van der Waals surface area contributed by atoms with Crippen molar-refractivity contribution in [3.63, 3.8) is 0 Å². The van der Waals surface area contributed by atoms with Gasteiger partial charge in [-0.3, -0.25) is 14.8 Å². The molecule has 0 aliphatic rings. The van der Waals surface area contributed by atoms with Crippen LogP contribution in [0.3, 0.4) is 0 Å². The summed E-state index contributed by atoms with van der Waals surface area (Å²) in [4.78, 5) is 22.5. The Morgan fingerprint density at radius 1 is 1.35 bits per heavy atom. The number of benzene rings is 1. The van der Waals surface area contributed by atoms with Crippen LogP contribution in [0, 0.1) is 0 Å². The average Bonchev–Trinajstić information content (AvgIpc) is 2.34.